The van der Waals surface area contributed by atoms with Crippen LogP contribution in [0.15, 0.2) is 30.7 Å². The van der Waals surface area contributed by atoms with E-state index in [-0.39, 0.29) is 0 Å². The molecular formula is C17H20N6O. The second-order valence-corrected chi connectivity index (χ2v) is 6.13. The highest BCUT2D eigenvalue weighted by atomic mass is 16.5. The standard InChI is InChI=1S/C17H20N6O/c1-22-9-14(15(20-22)11-7-8-11)19-13-6-4-5-12(16(13)24-3)17-18-10-23(2)21-17/h4-6,9-11,19H,7-8H2,1-3H3. The molecule has 1 saturated carbocycles. The van der Waals surface area contributed by atoms with Gasteiger partial charge >= 0.3 is 0 Å². The van der Waals surface area contributed by atoms with Gasteiger partial charge in [-0.3, -0.25) is 9.36 Å². The number of nitrogens with one attached hydrogen (secondary N) is 1. The number of rotatable bonds is 5. The molecule has 1 fully saturated rings. The number of ether oxygens (including phenoxy) is 1. The molecule has 0 aliphatic heterocycles. The molecule has 124 valence electrons. The lowest BCUT2D eigenvalue weighted by Crippen LogP contribution is -1.99. The van der Waals surface area contributed by atoms with Crippen molar-refractivity contribution in [1.29, 1.82) is 0 Å². The average molecular weight is 324 g/mol. The molecule has 4 rings (SSSR count). The quantitative estimate of drug-likeness (QED) is 0.781. The molecule has 0 bridgehead atoms. The second kappa shape index (κ2) is 5.67. The van der Waals surface area contributed by atoms with Crippen molar-refractivity contribution in [2.75, 3.05) is 12.4 Å². The normalized spacial score (nSPS) is 14.0. The van der Waals surface area contributed by atoms with E-state index in [0.29, 0.717) is 11.7 Å². The monoisotopic (exact) mass is 324 g/mol. The third kappa shape index (κ3) is 2.62. The lowest BCUT2D eigenvalue weighted by atomic mass is 10.1. The van der Waals surface area contributed by atoms with Gasteiger partial charge in [-0.1, -0.05) is 6.07 Å². The van der Waals surface area contributed by atoms with E-state index in [0.717, 1.165) is 28.4 Å². The molecule has 7 nitrogen and oxygen atoms in total. The van der Waals surface area contributed by atoms with E-state index in [2.05, 4.69) is 20.5 Å². The Balaban J connectivity index is 1.73. The highest BCUT2D eigenvalue weighted by Gasteiger charge is 2.29. The molecule has 2 heterocycles. The van der Waals surface area contributed by atoms with Crippen molar-refractivity contribution >= 4 is 11.4 Å². The number of hydrogen-bond donors (Lipinski definition) is 1. The summed E-state index contributed by atoms with van der Waals surface area (Å²) in [6.07, 6.45) is 6.11. The first-order valence-corrected chi connectivity index (χ1v) is 7.99. The van der Waals surface area contributed by atoms with Gasteiger partial charge in [0.2, 0.25) is 0 Å². The minimum absolute atomic E-state index is 0.570. The van der Waals surface area contributed by atoms with Crippen LogP contribution in [0.4, 0.5) is 11.4 Å². The third-order valence-corrected chi connectivity index (χ3v) is 4.15. The number of hydrogen-bond acceptors (Lipinski definition) is 5. The zero-order chi connectivity index (χ0) is 16.7. The maximum atomic E-state index is 5.66. The first-order valence-electron chi connectivity index (χ1n) is 7.99. The minimum Gasteiger partial charge on any atom is -0.494 e. The summed E-state index contributed by atoms with van der Waals surface area (Å²) in [7, 11) is 5.46. The molecule has 1 aliphatic carbocycles. The Labute approximate surface area is 140 Å². The fraction of sp³-hybridized carbons (Fsp3) is 0.353. The number of para-hydroxylation sites is 1. The Morgan fingerprint density at radius 3 is 2.62 bits per heavy atom. The molecule has 24 heavy (non-hydrogen) atoms. The minimum atomic E-state index is 0.570. The van der Waals surface area contributed by atoms with Crippen molar-refractivity contribution in [2.45, 2.75) is 18.8 Å². The van der Waals surface area contributed by atoms with Crippen LogP contribution in [0, 0.1) is 0 Å². The molecule has 7 heteroatoms. The summed E-state index contributed by atoms with van der Waals surface area (Å²) >= 11 is 0. The topological polar surface area (TPSA) is 69.8 Å². The van der Waals surface area contributed by atoms with Crippen LogP contribution in [-0.2, 0) is 14.1 Å². The van der Waals surface area contributed by atoms with Gasteiger partial charge in [-0.25, -0.2) is 4.98 Å². The molecule has 2 aromatic heterocycles. The van der Waals surface area contributed by atoms with Crippen LogP contribution in [0.3, 0.4) is 0 Å². The fourth-order valence-electron chi connectivity index (χ4n) is 2.90. The highest BCUT2D eigenvalue weighted by molar-refractivity contribution is 5.78. The van der Waals surface area contributed by atoms with Gasteiger partial charge in [0, 0.05) is 26.2 Å². The Morgan fingerprint density at radius 2 is 1.96 bits per heavy atom. The number of methoxy groups -OCH3 is 1. The number of aromatic nitrogens is 5. The zero-order valence-electron chi connectivity index (χ0n) is 14.0. The van der Waals surface area contributed by atoms with Gasteiger partial charge in [0.15, 0.2) is 11.6 Å². The van der Waals surface area contributed by atoms with Crippen molar-refractivity contribution in [2.24, 2.45) is 14.1 Å². The molecule has 1 aliphatic rings. The van der Waals surface area contributed by atoms with Crippen LogP contribution in [-0.4, -0.2) is 31.7 Å². The molecule has 0 amide bonds. The molecule has 0 unspecified atom stereocenters. The van der Waals surface area contributed by atoms with Crippen molar-refractivity contribution in [3.8, 4) is 17.1 Å². The molecular weight excluding hydrogens is 304 g/mol. The molecule has 0 saturated heterocycles. The van der Waals surface area contributed by atoms with Gasteiger partial charge in [0.1, 0.15) is 6.33 Å². The summed E-state index contributed by atoms with van der Waals surface area (Å²) in [6, 6.07) is 5.93. The van der Waals surface area contributed by atoms with Crippen LogP contribution in [0.5, 0.6) is 5.75 Å². The molecule has 3 aromatic rings. The molecule has 0 atom stereocenters. The van der Waals surface area contributed by atoms with E-state index in [9.17, 15) is 0 Å². The van der Waals surface area contributed by atoms with Crippen LogP contribution >= 0.6 is 0 Å². The number of benzene rings is 1. The van der Waals surface area contributed by atoms with Crippen molar-refractivity contribution in [3.05, 3.63) is 36.4 Å². The predicted molar refractivity (Wildman–Crippen MR) is 91.5 cm³/mol. The van der Waals surface area contributed by atoms with Gasteiger partial charge in [-0.2, -0.15) is 10.2 Å². The second-order valence-electron chi connectivity index (χ2n) is 6.13. The van der Waals surface area contributed by atoms with E-state index in [1.54, 1.807) is 18.1 Å². The smallest absolute Gasteiger partial charge is 0.184 e. The van der Waals surface area contributed by atoms with Crippen molar-refractivity contribution in [3.63, 3.8) is 0 Å². The zero-order valence-corrected chi connectivity index (χ0v) is 14.0. The molecule has 1 N–H and O–H groups in total. The Hall–Kier alpha value is -2.83. The number of anilines is 2. The van der Waals surface area contributed by atoms with Gasteiger partial charge in [0.25, 0.3) is 0 Å². The largest absolute Gasteiger partial charge is 0.494 e. The summed E-state index contributed by atoms with van der Waals surface area (Å²) in [6.45, 7) is 0. The maximum absolute atomic E-state index is 5.66. The average Bonchev–Trinajstić information content (AvgIpc) is 3.22. The van der Waals surface area contributed by atoms with Gasteiger partial charge in [-0.05, 0) is 25.0 Å². The Kier molecular flexibility index (Phi) is 3.48. The Bertz CT molecular complexity index is 877. The van der Waals surface area contributed by atoms with Crippen LogP contribution in [0.1, 0.15) is 24.5 Å². The van der Waals surface area contributed by atoms with E-state index in [1.807, 2.05) is 43.2 Å². The van der Waals surface area contributed by atoms with E-state index in [4.69, 9.17) is 4.74 Å². The van der Waals surface area contributed by atoms with Crippen LogP contribution in [0.25, 0.3) is 11.4 Å². The number of aryl methyl sites for hydroxylation is 2. The summed E-state index contributed by atoms with van der Waals surface area (Å²) in [5.74, 6) is 1.95. The Morgan fingerprint density at radius 1 is 1.12 bits per heavy atom. The third-order valence-electron chi connectivity index (χ3n) is 4.15. The first kappa shape index (κ1) is 14.7. The fourth-order valence-corrected chi connectivity index (χ4v) is 2.90. The van der Waals surface area contributed by atoms with Crippen molar-refractivity contribution < 1.29 is 4.74 Å². The lowest BCUT2D eigenvalue weighted by molar-refractivity contribution is 0.418. The summed E-state index contributed by atoms with van der Waals surface area (Å²) < 4.78 is 9.19. The van der Waals surface area contributed by atoms with Crippen LogP contribution < -0.4 is 10.1 Å². The number of nitrogens with zero attached hydrogens (tertiary/aromatic N) is 5. The van der Waals surface area contributed by atoms with E-state index < -0.39 is 0 Å². The first-order chi connectivity index (χ1) is 11.7. The maximum Gasteiger partial charge on any atom is 0.184 e. The molecule has 0 radical (unpaired) electrons. The molecule has 1 aromatic carbocycles. The summed E-state index contributed by atoms with van der Waals surface area (Å²) in [5, 5.41) is 12.5. The van der Waals surface area contributed by atoms with Gasteiger partial charge in [-0.15, -0.1) is 0 Å². The lowest BCUT2D eigenvalue weighted by Gasteiger charge is -2.13. The van der Waals surface area contributed by atoms with Crippen molar-refractivity contribution in [1.82, 2.24) is 24.5 Å². The molecule has 0 spiro atoms. The van der Waals surface area contributed by atoms with Gasteiger partial charge < -0.3 is 10.1 Å². The van der Waals surface area contributed by atoms with E-state index >= 15 is 0 Å². The highest BCUT2D eigenvalue weighted by Crippen LogP contribution is 2.44. The summed E-state index contributed by atoms with van der Waals surface area (Å²) in [4.78, 5) is 4.33. The van der Waals surface area contributed by atoms with Gasteiger partial charge in [0.05, 0.1) is 29.7 Å². The SMILES string of the molecule is COc1c(Nc2cn(C)nc2C2CC2)cccc1-c1ncn(C)n1. The van der Waals surface area contributed by atoms with E-state index in [1.165, 1.54) is 12.8 Å². The summed E-state index contributed by atoms with van der Waals surface area (Å²) in [5.41, 5.74) is 3.91. The predicted octanol–water partition coefficient (Wildman–Crippen LogP) is 2.85. The van der Waals surface area contributed by atoms with Crippen LogP contribution in [0.2, 0.25) is 0 Å².